The minimum atomic E-state index is -0.294. The number of hydrogen-bond acceptors (Lipinski definition) is 3. The predicted octanol–water partition coefficient (Wildman–Crippen LogP) is 3.68. The molecule has 0 aliphatic carbocycles. The van der Waals surface area contributed by atoms with E-state index in [1.807, 2.05) is 42.2 Å². The maximum absolute atomic E-state index is 13.0. The predicted molar refractivity (Wildman–Crippen MR) is 104 cm³/mol. The Labute approximate surface area is 156 Å². The molecule has 2 aromatic rings. The van der Waals surface area contributed by atoms with Gasteiger partial charge in [-0.2, -0.15) is 0 Å². The molecular formula is C22H28N2O2. The Kier molecular flexibility index (Phi) is 6.81. The monoisotopic (exact) mass is 352 g/mol. The lowest BCUT2D eigenvalue weighted by atomic mass is 10.0. The van der Waals surface area contributed by atoms with Gasteiger partial charge in [-0.25, -0.2) is 0 Å². The number of nitrogens with one attached hydrogen (secondary N) is 1. The molecule has 138 valence electrons. The minimum Gasteiger partial charge on any atom is -0.377 e. The van der Waals surface area contributed by atoms with Gasteiger partial charge in [0.1, 0.15) is 6.04 Å². The highest BCUT2D eigenvalue weighted by atomic mass is 16.5. The summed E-state index contributed by atoms with van der Waals surface area (Å²) < 4.78 is 5.44. The Morgan fingerprint density at radius 3 is 2.35 bits per heavy atom. The minimum absolute atomic E-state index is 0.182. The molecule has 1 N–H and O–H groups in total. The SMILES string of the molecule is CCOCc1ccc(CNC(C(=O)N2CCCC2)c2ccccc2)cc1. The molecule has 0 bridgehead atoms. The zero-order valence-corrected chi connectivity index (χ0v) is 15.5. The molecule has 1 fully saturated rings. The smallest absolute Gasteiger partial charge is 0.244 e. The van der Waals surface area contributed by atoms with Crippen molar-refractivity contribution in [2.24, 2.45) is 0 Å². The second-order valence-electron chi connectivity index (χ2n) is 6.71. The number of hydrogen-bond donors (Lipinski definition) is 1. The fourth-order valence-electron chi connectivity index (χ4n) is 3.31. The summed E-state index contributed by atoms with van der Waals surface area (Å²) in [5, 5.41) is 3.47. The molecule has 26 heavy (non-hydrogen) atoms. The van der Waals surface area contributed by atoms with Gasteiger partial charge in [-0.05, 0) is 36.5 Å². The third kappa shape index (κ3) is 4.93. The van der Waals surface area contributed by atoms with Crippen LogP contribution in [-0.2, 0) is 22.7 Å². The Hall–Kier alpha value is -2.17. The van der Waals surface area contributed by atoms with E-state index in [4.69, 9.17) is 4.74 Å². The summed E-state index contributed by atoms with van der Waals surface area (Å²) in [6.07, 6.45) is 2.21. The van der Waals surface area contributed by atoms with Gasteiger partial charge in [0, 0.05) is 26.2 Å². The molecule has 1 saturated heterocycles. The van der Waals surface area contributed by atoms with Crippen LogP contribution in [0, 0.1) is 0 Å². The van der Waals surface area contributed by atoms with Crippen LogP contribution in [0.25, 0.3) is 0 Å². The molecule has 0 radical (unpaired) electrons. The van der Waals surface area contributed by atoms with Crippen LogP contribution in [-0.4, -0.2) is 30.5 Å². The van der Waals surface area contributed by atoms with Crippen LogP contribution in [0.4, 0.5) is 0 Å². The van der Waals surface area contributed by atoms with Crippen molar-refractivity contribution in [2.75, 3.05) is 19.7 Å². The molecule has 3 rings (SSSR count). The number of likely N-dealkylation sites (tertiary alicyclic amines) is 1. The van der Waals surface area contributed by atoms with Crippen LogP contribution in [0.15, 0.2) is 54.6 Å². The zero-order chi connectivity index (χ0) is 18.2. The number of nitrogens with zero attached hydrogens (tertiary/aromatic N) is 1. The first-order valence-electron chi connectivity index (χ1n) is 9.50. The van der Waals surface area contributed by atoms with E-state index in [0.717, 1.165) is 38.1 Å². The van der Waals surface area contributed by atoms with Crippen molar-refractivity contribution in [3.63, 3.8) is 0 Å². The van der Waals surface area contributed by atoms with Crippen LogP contribution in [0.5, 0.6) is 0 Å². The molecule has 0 saturated carbocycles. The zero-order valence-electron chi connectivity index (χ0n) is 15.5. The molecule has 0 aromatic heterocycles. The van der Waals surface area contributed by atoms with Crippen molar-refractivity contribution in [3.8, 4) is 0 Å². The lowest BCUT2D eigenvalue weighted by Gasteiger charge is -2.24. The van der Waals surface area contributed by atoms with E-state index in [1.165, 1.54) is 11.1 Å². The normalized spacial score (nSPS) is 15.2. The molecule has 1 heterocycles. The van der Waals surface area contributed by atoms with Gasteiger partial charge in [-0.3, -0.25) is 10.1 Å². The van der Waals surface area contributed by atoms with Crippen molar-refractivity contribution >= 4 is 5.91 Å². The van der Waals surface area contributed by atoms with Gasteiger partial charge in [-0.1, -0.05) is 54.6 Å². The number of benzene rings is 2. The standard InChI is InChI=1S/C22H28N2O2/c1-2-26-17-19-12-10-18(11-13-19)16-23-21(20-8-4-3-5-9-20)22(25)24-14-6-7-15-24/h3-5,8-13,21,23H,2,6-7,14-17H2,1H3. The van der Waals surface area contributed by atoms with Crippen molar-refractivity contribution in [3.05, 3.63) is 71.3 Å². The second-order valence-corrected chi connectivity index (χ2v) is 6.71. The van der Waals surface area contributed by atoms with Gasteiger partial charge in [0.15, 0.2) is 0 Å². The quantitative estimate of drug-likeness (QED) is 0.788. The summed E-state index contributed by atoms with van der Waals surface area (Å²) in [5.41, 5.74) is 3.36. The topological polar surface area (TPSA) is 41.6 Å². The van der Waals surface area contributed by atoms with Gasteiger partial charge < -0.3 is 9.64 Å². The largest absolute Gasteiger partial charge is 0.377 e. The summed E-state index contributed by atoms with van der Waals surface area (Å²) >= 11 is 0. The van der Waals surface area contributed by atoms with E-state index in [-0.39, 0.29) is 11.9 Å². The number of rotatable bonds is 8. The fourth-order valence-corrected chi connectivity index (χ4v) is 3.31. The molecule has 1 aliphatic heterocycles. The summed E-state index contributed by atoms with van der Waals surface area (Å²) in [6, 6.07) is 18.1. The van der Waals surface area contributed by atoms with Crippen LogP contribution >= 0.6 is 0 Å². The third-order valence-electron chi connectivity index (χ3n) is 4.80. The number of ether oxygens (including phenoxy) is 1. The van der Waals surface area contributed by atoms with Gasteiger partial charge in [0.2, 0.25) is 5.91 Å². The maximum Gasteiger partial charge on any atom is 0.244 e. The van der Waals surface area contributed by atoms with Crippen molar-refractivity contribution in [2.45, 2.75) is 39.0 Å². The van der Waals surface area contributed by atoms with Gasteiger partial charge in [0.05, 0.1) is 6.61 Å². The van der Waals surface area contributed by atoms with E-state index in [2.05, 4.69) is 29.6 Å². The van der Waals surface area contributed by atoms with E-state index < -0.39 is 0 Å². The van der Waals surface area contributed by atoms with Crippen LogP contribution < -0.4 is 5.32 Å². The lowest BCUT2D eigenvalue weighted by molar-refractivity contribution is -0.132. The average molecular weight is 352 g/mol. The van der Waals surface area contributed by atoms with Crippen molar-refractivity contribution in [1.29, 1.82) is 0 Å². The highest BCUT2D eigenvalue weighted by Crippen LogP contribution is 2.20. The number of carbonyl (C=O) groups is 1. The first kappa shape index (κ1) is 18.6. The molecule has 2 aromatic carbocycles. The molecule has 4 nitrogen and oxygen atoms in total. The summed E-state index contributed by atoms with van der Waals surface area (Å²) in [5.74, 6) is 0.182. The first-order valence-corrected chi connectivity index (χ1v) is 9.50. The maximum atomic E-state index is 13.0. The molecule has 1 aliphatic rings. The van der Waals surface area contributed by atoms with Crippen LogP contribution in [0.1, 0.15) is 42.5 Å². The van der Waals surface area contributed by atoms with E-state index in [0.29, 0.717) is 13.2 Å². The van der Waals surface area contributed by atoms with Crippen molar-refractivity contribution in [1.82, 2.24) is 10.2 Å². The summed E-state index contributed by atoms with van der Waals surface area (Å²) in [7, 11) is 0. The van der Waals surface area contributed by atoms with Crippen molar-refractivity contribution < 1.29 is 9.53 Å². The van der Waals surface area contributed by atoms with E-state index in [1.54, 1.807) is 0 Å². The first-order chi connectivity index (χ1) is 12.8. The Balaban J connectivity index is 1.66. The molecule has 4 heteroatoms. The molecular weight excluding hydrogens is 324 g/mol. The third-order valence-corrected chi connectivity index (χ3v) is 4.80. The Morgan fingerprint density at radius 1 is 1.04 bits per heavy atom. The molecule has 1 unspecified atom stereocenters. The van der Waals surface area contributed by atoms with Crippen LogP contribution in [0.3, 0.4) is 0 Å². The van der Waals surface area contributed by atoms with Gasteiger partial charge in [0.25, 0.3) is 0 Å². The highest BCUT2D eigenvalue weighted by molar-refractivity contribution is 5.83. The Morgan fingerprint density at radius 2 is 1.69 bits per heavy atom. The molecule has 0 spiro atoms. The summed E-state index contributed by atoms with van der Waals surface area (Å²) in [6.45, 7) is 5.77. The lowest BCUT2D eigenvalue weighted by Crippen LogP contribution is -2.39. The van der Waals surface area contributed by atoms with Gasteiger partial charge >= 0.3 is 0 Å². The van der Waals surface area contributed by atoms with E-state index in [9.17, 15) is 4.79 Å². The molecule has 1 amide bonds. The van der Waals surface area contributed by atoms with E-state index >= 15 is 0 Å². The fraction of sp³-hybridized carbons (Fsp3) is 0.409. The highest BCUT2D eigenvalue weighted by Gasteiger charge is 2.27. The second kappa shape index (κ2) is 9.51. The average Bonchev–Trinajstić information content (AvgIpc) is 3.23. The van der Waals surface area contributed by atoms with Crippen LogP contribution in [0.2, 0.25) is 0 Å². The number of amides is 1. The molecule has 1 atom stereocenters. The van der Waals surface area contributed by atoms with Gasteiger partial charge in [-0.15, -0.1) is 0 Å². The number of carbonyl (C=O) groups excluding carboxylic acids is 1. The Bertz CT molecular complexity index is 679. The summed E-state index contributed by atoms with van der Waals surface area (Å²) in [4.78, 5) is 15.0.